The summed E-state index contributed by atoms with van der Waals surface area (Å²) < 4.78 is 4.84. The number of aliphatic hydroxyl groups is 1. The quantitative estimate of drug-likeness (QED) is 0.818. The zero-order valence-corrected chi connectivity index (χ0v) is 14.8. The van der Waals surface area contributed by atoms with Gasteiger partial charge in [0.15, 0.2) is 0 Å². The van der Waals surface area contributed by atoms with Crippen molar-refractivity contribution >= 4 is 12.0 Å². The molecule has 2 N–H and O–H groups in total. The summed E-state index contributed by atoms with van der Waals surface area (Å²) in [6.45, 7) is 10.8. The fourth-order valence-electron chi connectivity index (χ4n) is 1.92. The molecule has 1 unspecified atom stereocenters. The molecule has 0 aliphatic carbocycles. The molecule has 1 atom stereocenters. The summed E-state index contributed by atoms with van der Waals surface area (Å²) in [4.78, 5) is 23.9. The van der Waals surface area contributed by atoms with Crippen molar-refractivity contribution in [2.24, 2.45) is 5.92 Å². The Morgan fingerprint density at radius 3 is 1.95 bits per heavy atom. The average Bonchev–Trinajstić information content (AvgIpc) is 2.45. The van der Waals surface area contributed by atoms with Crippen LogP contribution in [0.1, 0.15) is 53.9 Å². The van der Waals surface area contributed by atoms with E-state index < -0.39 is 6.10 Å². The molecule has 6 heteroatoms. The van der Waals surface area contributed by atoms with E-state index in [0.717, 1.165) is 25.9 Å². The molecule has 0 saturated carbocycles. The van der Waals surface area contributed by atoms with Gasteiger partial charge in [0.1, 0.15) is 11.7 Å². The maximum absolute atomic E-state index is 11.6. The van der Waals surface area contributed by atoms with Crippen LogP contribution in [0.15, 0.2) is 0 Å². The van der Waals surface area contributed by atoms with E-state index in [9.17, 15) is 14.7 Å². The van der Waals surface area contributed by atoms with E-state index in [1.54, 1.807) is 4.90 Å². The van der Waals surface area contributed by atoms with Crippen LogP contribution in [-0.2, 0) is 9.53 Å². The second-order valence-corrected chi connectivity index (χ2v) is 6.83. The number of likely N-dealkylation sites (tertiary alicyclic amines) is 1. The van der Waals surface area contributed by atoms with Gasteiger partial charge in [-0.2, -0.15) is 0 Å². The summed E-state index contributed by atoms with van der Waals surface area (Å²) in [6.07, 6.45) is 2.18. The Hall–Kier alpha value is -1.30. The summed E-state index contributed by atoms with van der Waals surface area (Å²) in [6, 6.07) is 0. The zero-order chi connectivity index (χ0) is 17.3. The number of alkyl carbamates (subject to hydrolysis) is 1. The van der Waals surface area contributed by atoms with Crippen molar-refractivity contribution in [2.45, 2.75) is 65.6 Å². The first-order valence-electron chi connectivity index (χ1n) is 7.96. The smallest absolute Gasteiger partial charge is 0.407 e. The van der Waals surface area contributed by atoms with E-state index >= 15 is 0 Å². The van der Waals surface area contributed by atoms with Crippen LogP contribution in [0.3, 0.4) is 0 Å². The highest BCUT2D eigenvalue weighted by Gasteiger charge is 2.25. The van der Waals surface area contributed by atoms with Crippen LogP contribution in [0, 0.1) is 5.92 Å². The summed E-state index contributed by atoms with van der Waals surface area (Å²) in [7, 11) is 1.54. The molecule has 0 spiro atoms. The molecular formula is C16H32N2O4. The van der Waals surface area contributed by atoms with E-state index in [4.69, 9.17) is 4.74 Å². The molecule has 22 heavy (non-hydrogen) atoms. The van der Waals surface area contributed by atoms with Crippen LogP contribution in [0.2, 0.25) is 0 Å². The summed E-state index contributed by atoms with van der Waals surface area (Å²) in [5.41, 5.74) is -0.389. The maximum atomic E-state index is 11.6. The number of carbonyl (C=O) groups excluding carboxylic acids is 2. The number of carbonyl (C=O) groups is 2. The predicted octanol–water partition coefficient (Wildman–Crippen LogP) is 2.16. The topological polar surface area (TPSA) is 78.9 Å². The number of piperidine rings is 1. The predicted molar refractivity (Wildman–Crippen MR) is 86.6 cm³/mol. The lowest BCUT2D eigenvalue weighted by molar-refractivity contribution is -0.143. The largest absolute Gasteiger partial charge is 0.444 e. The number of nitrogens with one attached hydrogen (secondary N) is 1. The molecule has 1 fully saturated rings. The number of aliphatic hydroxyl groups excluding tert-OH is 1. The van der Waals surface area contributed by atoms with Crippen LogP contribution < -0.4 is 5.32 Å². The van der Waals surface area contributed by atoms with Gasteiger partial charge in [-0.3, -0.25) is 4.79 Å². The number of rotatable bonds is 2. The minimum Gasteiger partial charge on any atom is -0.444 e. The molecule has 1 aliphatic heterocycles. The van der Waals surface area contributed by atoms with Crippen molar-refractivity contribution in [3.8, 4) is 0 Å². The standard InChI is InChI=1S/C10H19NO2.C6H13NO2/c1-8(2)9(12)10(13)11-6-4-3-5-7-11;1-6(2,3)9-5(8)7-4/h8-9,12H,3-7H2,1-2H3;1-4H3,(H,7,8). The molecule has 2 amide bonds. The number of amides is 2. The number of ether oxygens (including phenoxy) is 1. The molecule has 1 aliphatic rings. The normalized spacial score (nSPS) is 16.5. The number of hydrogen-bond donors (Lipinski definition) is 2. The van der Waals surface area contributed by atoms with Gasteiger partial charge in [-0.15, -0.1) is 0 Å². The van der Waals surface area contributed by atoms with Crippen LogP contribution in [0.4, 0.5) is 4.79 Å². The summed E-state index contributed by atoms with van der Waals surface area (Å²) in [5, 5.41) is 11.9. The Morgan fingerprint density at radius 2 is 1.64 bits per heavy atom. The van der Waals surface area contributed by atoms with Gasteiger partial charge in [0.25, 0.3) is 5.91 Å². The monoisotopic (exact) mass is 316 g/mol. The second kappa shape index (κ2) is 9.66. The number of nitrogens with zero attached hydrogens (tertiary/aromatic N) is 1. The van der Waals surface area contributed by atoms with Crippen molar-refractivity contribution in [3.63, 3.8) is 0 Å². The maximum Gasteiger partial charge on any atom is 0.407 e. The van der Waals surface area contributed by atoms with E-state index in [1.807, 2.05) is 34.6 Å². The Kier molecular flexibility index (Phi) is 9.09. The summed E-state index contributed by atoms with van der Waals surface area (Å²) >= 11 is 0. The first-order chi connectivity index (χ1) is 10.1. The molecule has 0 radical (unpaired) electrons. The minimum absolute atomic E-state index is 0.0226. The Balaban J connectivity index is 0.000000433. The van der Waals surface area contributed by atoms with Crippen molar-refractivity contribution in [1.29, 1.82) is 0 Å². The van der Waals surface area contributed by atoms with E-state index in [-0.39, 0.29) is 23.5 Å². The fourth-order valence-corrected chi connectivity index (χ4v) is 1.92. The van der Waals surface area contributed by atoms with Crippen LogP contribution in [0.25, 0.3) is 0 Å². The SMILES string of the molecule is CC(C)C(O)C(=O)N1CCCCC1.CNC(=O)OC(C)(C)C. The minimum atomic E-state index is -0.807. The van der Waals surface area contributed by atoms with E-state index in [0.29, 0.717) is 0 Å². The highest BCUT2D eigenvalue weighted by atomic mass is 16.6. The van der Waals surface area contributed by atoms with Crippen LogP contribution in [0.5, 0.6) is 0 Å². The van der Waals surface area contributed by atoms with Gasteiger partial charge in [0, 0.05) is 20.1 Å². The zero-order valence-electron chi connectivity index (χ0n) is 14.8. The molecule has 130 valence electrons. The molecule has 0 bridgehead atoms. The first-order valence-corrected chi connectivity index (χ1v) is 7.96. The van der Waals surface area contributed by atoms with Crippen molar-refractivity contribution in [1.82, 2.24) is 10.2 Å². The average molecular weight is 316 g/mol. The van der Waals surface area contributed by atoms with E-state index in [2.05, 4.69) is 5.32 Å². The molecule has 0 aromatic carbocycles. The lowest BCUT2D eigenvalue weighted by atomic mass is 10.0. The molecule has 0 aromatic rings. The number of hydrogen-bond acceptors (Lipinski definition) is 4. The third-order valence-corrected chi connectivity index (χ3v) is 3.16. The molecular weight excluding hydrogens is 284 g/mol. The lowest BCUT2D eigenvalue weighted by Gasteiger charge is -2.29. The van der Waals surface area contributed by atoms with Gasteiger partial charge in [0.2, 0.25) is 0 Å². The van der Waals surface area contributed by atoms with Crippen molar-refractivity contribution in [3.05, 3.63) is 0 Å². The van der Waals surface area contributed by atoms with E-state index in [1.165, 1.54) is 13.5 Å². The van der Waals surface area contributed by atoms with Crippen LogP contribution in [-0.4, -0.2) is 53.8 Å². The molecule has 6 nitrogen and oxygen atoms in total. The Morgan fingerprint density at radius 1 is 1.14 bits per heavy atom. The molecule has 1 heterocycles. The van der Waals surface area contributed by atoms with Gasteiger partial charge in [-0.1, -0.05) is 13.8 Å². The van der Waals surface area contributed by atoms with Gasteiger partial charge in [-0.05, 0) is 46.0 Å². The van der Waals surface area contributed by atoms with Crippen molar-refractivity contribution < 1.29 is 19.4 Å². The third kappa shape index (κ3) is 8.87. The van der Waals surface area contributed by atoms with Crippen LogP contribution >= 0.6 is 0 Å². The van der Waals surface area contributed by atoms with Crippen molar-refractivity contribution in [2.75, 3.05) is 20.1 Å². The fraction of sp³-hybridized carbons (Fsp3) is 0.875. The first kappa shape index (κ1) is 20.7. The van der Waals surface area contributed by atoms with Gasteiger partial charge in [-0.25, -0.2) is 4.79 Å². The van der Waals surface area contributed by atoms with Gasteiger partial charge in [0.05, 0.1) is 0 Å². The van der Waals surface area contributed by atoms with Gasteiger partial charge < -0.3 is 20.1 Å². The molecule has 1 rings (SSSR count). The lowest BCUT2D eigenvalue weighted by Crippen LogP contribution is -2.44. The molecule has 1 saturated heterocycles. The Labute approximate surface area is 134 Å². The highest BCUT2D eigenvalue weighted by molar-refractivity contribution is 5.80. The summed E-state index contributed by atoms with van der Waals surface area (Å²) in [5.74, 6) is -0.0656. The second-order valence-electron chi connectivity index (χ2n) is 6.83. The highest BCUT2D eigenvalue weighted by Crippen LogP contribution is 2.12. The van der Waals surface area contributed by atoms with Gasteiger partial charge >= 0.3 is 6.09 Å². The third-order valence-electron chi connectivity index (χ3n) is 3.16. The molecule has 0 aromatic heterocycles. The Bertz CT molecular complexity index is 345.